The Balaban J connectivity index is 0.00000405. The van der Waals surface area contributed by atoms with Gasteiger partial charge in [-0.15, -0.1) is 0 Å². The van der Waals surface area contributed by atoms with Crippen LogP contribution in [0, 0.1) is 6.92 Å². The van der Waals surface area contributed by atoms with Gasteiger partial charge in [-0.05, 0) is 67.5 Å². The van der Waals surface area contributed by atoms with E-state index in [1.165, 1.54) is 17.5 Å². The average molecular weight is 596 g/mol. The fourth-order valence-electron chi connectivity index (χ4n) is 5.71. The van der Waals surface area contributed by atoms with E-state index in [9.17, 15) is 14.7 Å². The maximum atomic E-state index is 12.9. The number of aromatic nitrogens is 2. The molecule has 1 aromatic carbocycles. The van der Waals surface area contributed by atoms with E-state index in [0.29, 0.717) is 31.0 Å². The first kappa shape index (κ1) is 31.5. The SMILES string of the molecule is CC(=O)N1CCC(Nc2ccnc(C(=O)CC[C@H](O)CN3CCc4c(ccc(OCc5cnco5)c4C)C3)c2)CC1.S. The standard InChI is InChI=1S/C31H39N5O5.H2S/c1-21-28-10-12-35(17-23(28)3-6-31(21)40-19-27-16-32-20-41-27)18-26(38)4-5-30(39)29-15-25(7-11-33-29)34-24-8-13-36(14-9-24)22(2)37;/h3,6-7,11,15-16,20,24,26,38H,4-5,8-10,12-14,17-19H2,1-2H3,(H,33,34);1H2/t26-;/m0./s1. The van der Waals surface area contributed by atoms with Crippen molar-refractivity contribution >= 4 is 30.9 Å². The number of ether oxygens (including phenoxy) is 1. The lowest BCUT2D eigenvalue weighted by molar-refractivity contribution is -0.129. The van der Waals surface area contributed by atoms with Gasteiger partial charge < -0.3 is 24.5 Å². The van der Waals surface area contributed by atoms with Gasteiger partial charge in [0.1, 0.15) is 18.1 Å². The number of Topliss-reactive ketones (excluding diaryl/α,β-unsaturated/α-hetero) is 1. The van der Waals surface area contributed by atoms with Crippen LogP contribution in [0.2, 0.25) is 0 Å². The number of carbonyl (C=O) groups is 2. The van der Waals surface area contributed by atoms with Gasteiger partial charge in [-0.1, -0.05) is 6.07 Å². The molecule has 0 aliphatic carbocycles. The Morgan fingerprint density at radius 2 is 2.02 bits per heavy atom. The van der Waals surface area contributed by atoms with Crippen molar-refractivity contribution in [2.24, 2.45) is 0 Å². The highest BCUT2D eigenvalue weighted by Crippen LogP contribution is 2.30. The Hall–Kier alpha value is -3.41. The van der Waals surface area contributed by atoms with Crippen LogP contribution in [0.4, 0.5) is 5.69 Å². The lowest BCUT2D eigenvalue weighted by Crippen LogP contribution is -2.41. The molecule has 2 aliphatic heterocycles. The Morgan fingerprint density at radius 1 is 1.21 bits per heavy atom. The van der Waals surface area contributed by atoms with Gasteiger partial charge in [0, 0.05) is 64.0 Å². The summed E-state index contributed by atoms with van der Waals surface area (Å²) in [5, 5.41) is 14.2. The number of aliphatic hydroxyl groups is 1. The highest BCUT2D eigenvalue weighted by Gasteiger charge is 2.23. The monoisotopic (exact) mass is 595 g/mol. The number of ketones is 1. The number of β-amino-alcohol motifs (C(OH)–C–C–N with tert-alkyl or cyclic N) is 1. The van der Waals surface area contributed by atoms with E-state index in [-0.39, 0.29) is 37.6 Å². The van der Waals surface area contributed by atoms with E-state index in [4.69, 9.17) is 9.15 Å². The number of rotatable bonds is 11. The molecule has 0 unspecified atom stereocenters. The fraction of sp³-hybridized carbons (Fsp3) is 0.484. The summed E-state index contributed by atoms with van der Waals surface area (Å²) in [7, 11) is 0. The molecule has 1 fully saturated rings. The molecule has 0 spiro atoms. The van der Waals surface area contributed by atoms with Gasteiger partial charge in [0.2, 0.25) is 5.91 Å². The molecule has 5 rings (SSSR count). The van der Waals surface area contributed by atoms with E-state index in [0.717, 1.165) is 62.4 Å². The van der Waals surface area contributed by atoms with Crippen molar-refractivity contribution in [3.63, 3.8) is 0 Å². The third-order valence-corrected chi connectivity index (χ3v) is 8.10. The van der Waals surface area contributed by atoms with Gasteiger partial charge in [-0.25, -0.2) is 4.98 Å². The van der Waals surface area contributed by atoms with Crippen molar-refractivity contribution < 1.29 is 23.8 Å². The number of pyridine rings is 1. The van der Waals surface area contributed by atoms with Crippen molar-refractivity contribution in [3.05, 3.63) is 71.2 Å². The normalized spacial score (nSPS) is 16.3. The number of aliphatic hydroxyl groups excluding tert-OH is 1. The van der Waals surface area contributed by atoms with E-state index >= 15 is 0 Å². The predicted octanol–water partition coefficient (Wildman–Crippen LogP) is 3.87. The number of carbonyl (C=O) groups excluding carboxylic acids is 2. The molecular formula is C31H41N5O5S. The summed E-state index contributed by atoms with van der Waals surface area (Å²) in [5.41, 5.74) is 4.94. The summed E-state index contributed by atoms with van der Waals surface area (Å²) in [6, 6.07) is 8.01. The lowest BCUT2D eigenvalue weighted by atomic mass is 9.94. The van der Waals surface area contributed by atoms with E-state index in [1.807, 2.05) is 17.0 Å². The molecule has 2 aliphatic rings. The van der Waals surface area contributed by atoms with E-state index in [1.54, 1.807) is 25.4 Å². The molecule has 2 aromatic heterocycles. The third-order valence-electron chi connectivity index (χ3n) is 8.10. The first-order chi connectivity index (χ1) is 19.9. The Morgan fingerprint density at radius 3 is 2.76 bits per heavy atom. The number of hydrogen-bond acceptors (Lipinski definition) is 9. The quantitative estimate of drug-likeness (QED) is 0.318. The summed E-state index contributed by atoms with van der Waals surface area (Å²) >= 11 is 0. The first-order valence-electron chi connectivity index (χ1n) is 14.4. The predicted molar refractivity (Wildman–Crippen MR) is 164 cm³/mol. The van der Waals surface area contributed by atoms with Crippen LogP contribution in [0.25, 0.3) is 0 Å². The van der Waals surface area contributed by atoms with E-state index < -0.39 is 6.10 Å². The minimum absolute atomic E-state index is 0. The smallest absolute Gasteiger partial charge is 0.219 e. The highest BCUT2D eigenvalue weighted by molar-refractivity contribution is 7.59. The van der Waals surface area contributed by atoms with Gasteiger partial charge in [-0.3, -0.25) is 19.5 Å². The first-order valence-corrected chi connectivity index (χ1v) is 14.4. The third kappa shape index (κ3) is 8.11. The van der Waals surface area contributed by atoms with Crippen molar-refractivity contribution in [2.45, 2.75) is 71.2 Å². The molecule has 3 aromatic rings. The fourth-order valence-corrected chi connectivity index (χ4v) is 5.71. The van der Waals surface area contributed by atoms with Crippen LogP contribution < -0.4 is 10.1 Å². The maximum Gasteiger partial charge on any atom is 0.219 e. The second kappa shape index (κ2) is 14.7. The van der Waals surface area contributed by atoms with Crippen molar-refractivity contribution in [3.8, 4) is 5.75 Å². The number of likely N-dealkylation sites (tertiary alicyclic amines) is 1. The van der Waals surface area contributed by atoms with Crippen LogP contribution >= 0.6 is 13.5 Å². The molecule has 42 heavy (non-hydrogen) atoms. The Kier molecular flexibility index (Phi) is 11.0. The highest BCUT2D eigenvalue weighted by atomic mass is 32.1. The van der Waals surface area contributed by atoms with Gasteiger partial charge in [0.15, 0.2) is 17.9 Å². The molecule has 226 valence electrons. The lowest BCUT2D eigenvalue weighted by Gasteiger charge is -2.32. The number of nitrogens with one attached hydrogen (secondary N) is 1. The number of nitrogens with zero attached hydrogens (tertiary/aromatic N) is 4. The molecule has 0 bridgehead atoms. The Bertz CT molecular complexity index is 1340. The zero-order valence-electron chi connectivity index (χ0n) is 24.3. The van der Waals surface area contributed by atoms with Gasteiger partial charge >= 0.3 is 0 Å². The molecule has 2 N–H and O–H groups in total. The molecule has 4 heterocycles. The number of amides is 1. The molecule has 1 amide bonds. The second-order valence-corrected chi connectivity index (χ2v) is 11.0. The molecule has 0 saturated carbocycles. The van der Waals surface area contributed by atoms with Gasteiger partial charge in [0.25, 0.3) is 0 Å². The summed E-state index contributed by atoms with van der Waals surface area (Å²) in [5.74, 6) is 1.57. The average Bonchev–Trinajstić information content (AvgIpc) is 3.50. The summed E-state index contributed by atoms with van der Waals surface area (Å²) in [6.07, 6.45) is 7.35. The zero-order valence-corrected chi connectivity index (χ0v) is 25.3. The molecule has 0 radical (unpaired) electrons. The van der Waals surface area contributed by atoms with Crippen LogP contribution in [0.5, 0.6) is 5.75 Å². The van der Waals surface area contributed by atoms with Crippen LogP contribution in [0.1, 0.15) is 65.5 Å². The van der Waals surface area contributed by atoms with Gasteiger partial charge in [0.05, 0.1) is 12.3 Å². The van der Waals surface area contributed by atoms with Crippen molar-refractivity contribution in [1.29, 1.82) is 0 Å². The zero-order chi connectivity index (χ0) is 28.8. The minimum atomic E-state index is -0.598. The molecule has 10 nitrogen and oxygen atoms in total. The van der Waals surface area contributed by atoms with Crippen LogP contribution in [-0.2, 0) is 24.4 Å². The molecule has 1 saturated heterocycles. The number of oxazole rings is 1. The maximum absolute atomic E-state index is 12.9. The van der Waals surface area contributed by atoms with Crippen molar-refractivity contribution in [1.82, 2.24) is 19.8 Å². The minimum Gasteiger partial charge on any atom is -0.485 e. The van der Waals surface area contributed by atoms with Crippen LogP contribution in [0.15, 0.2) is 47.5 Å². The van der Waals surface area contributed by atoms with Gasteiger partial charge in [-0.2, -0.15) is 13.5 Å². The molecule has 11 heteroatoms. The number of fused-ring (bicyclic) bond motifs is 1. The summed E-state index contributed by atoms with van der Waals surface area (Å²) in [4.78, 5) is 36.7. The summed E-state index contributed by atoms with van der Waals surface area (Å²) in [6.45, 7) is 7.62. The number of benzene rings is 1. The number of piperidine rings is 1. The van der Waals surface area contributed by atoms with Crippen LogP contribution in [0.3, 0.4) is 0 Å². The largest absolute Gasteiger partial charge is 0.485 e. The number of anilines is 1. The Labute approximate surface area is 253 Å². The van der Waals surface area contributed by atoms with E-state index in [2.05, 4.69) is 33.2 Å². The number of hydrogen-bond donors (Lipinski definition) is 2. The van der Waals surface area contributed by atoms with Crippen LogP contribution in [-0.4, -0.2) is 74.9 Å². The second-order valence-electron chi connectivity index (χ2n) is 11.0. The van der Waals surface area contributed by atoms with Crippen molar-refractivity contribution in [2.75, 3.05) is 31.5 Å². The molecule has 1 atom stereocenters. The summed E-state index contributed by atoms with van der Waals surface area (Å²) < 4.78 is 11.2. The molecular weight excluding hydrogens is 554 g/mol. The topological polar surface area (TPSA) is 121 Å².